The summed E-state index contributed by atoms with van der Waals surface area (Å²) in [5, 5.41) is 2.04. The van der Waals surface area contributed by atoms with Gasteiger partial charge in [0.15, 0.2) is 0 Å². The van der Waals surface area contributed by atoms with Gasteiger partial charge in [0.1, 0.15) is 6.10 Å². The van der Waals surface area contributed by atoms with Crippen LogP contribution in [0.25, 0.3) is 0 Å². The summed E-state index contributed by atoms with van der Waals surface area (Å²) in [5.41, 5.74) is 5.65. The van der Waals surface area contributed by atoms with E-state index in [-0.39, 0.29) is 24.4 Å². The summed E-state index contributed by atoms with van der Waals surface area (Å²) >= 11 is 1.68. The van der Waals surface area contributed by atoms with E-state index < -0.39 is 5.54 Å². The normalized spacial score (nSPS) is 25.2. The number of hydrogen-bond donors (Lipinski definition) is 1. The van der Waals surface area contributed by atoms with Gasteiger partial charge in [0, 0.05) is 11.4 Å². The highest BCUT2D eigenvalue weighted by atomic mass is 35.5. The van der Waals surface area contributed by atoms with Crippen molar-refractivity contribution in [3.63, 3.8) is 0 Å². The smallest absolute Gasteiger partial charge is 0.242 e. The highest BCUT2D eigenvalue weighted by Crippen LogP contribution is 2.32. The molecule has 1 saturated heterocycles. The van der Waals surface area contributed by atoms with Crippen molar-refractivity contribution in [2.45, 2.75) is 37.3 Å². The van der Waals surface area contributed by atoms with Gasteiger partial charge in [0.05, 0.1) is 18.7 Å². The van der Waals surface area contributed by atoms with E-state index in [4.69, 9.17) is 10.5 Å². The van der Waals surface area contributed by atoms with Crippen LogP contribution in [0.1, 0.15) is 36.7 Å². The van der Waals surface area contributed by atoms with E-state index in [1.807, 2.05) is 16.3 Å². The number of morpholine rings is 1. The van der Waals surface area contributed by atoms with Crippen LogP contribution in [0.2, 0.25) is 0 Å². The Kier molecular flexibility index (Phi) is 5.07. The minimum absolute atomic E-state index is 0. The molecule has 0 bridgehead atoms. The van der Waals surface area contributed by atoms with Crippen molar-refractivity contribution in [2.24, 2.45) is 5.73 Å². The molecule has 0 radical (unpaired) electrons. The Morgan fingerprint density at radius 3 is 2.85 bits per heavy atom. The number of carbonyl (C=O) groups excluding carboxylic acids is 1. The molecule has 112 valence electrons. The molecule has 1 saturated carbocycles. The molecule has 1 amide bonds. The second-order valence-corrected chi connectivity index (χ2v) is 6.47. The number of carbonyl (C=O) groups is 1. The van der Waals surface area contributed by atoms with Crippen molar-refractivity contribution in [1.29, 1.82) is 0 Å². The van der Waals surface area contributed by atoms with Gasteiger partial charge in [0.25, 0.3) is 0 Å². The van der Waals surface area contributed by atoms with E-state index in [0.717, 1.165) is 25.7 Å². The molecule has 4 nitrogen and oxygen atoms in total. The fraction of sp³-hybridized carbons (Fsp3) is 0.643. The molecule has 2 fully saturated rings. The van der Waals surface area contributed by atoms with Gasteiger partial charge in [0.2, 0.25) is 5.91 Å². The van der Waals surface area contributed by atoms with Crippen LogP contribution in [0.5, 0.6) is 0 Å². The van der Waals surface area contributed by atoms with Crippen molar-refractivity contribution in [3.05, 3.63) is 22.4 Å². The van der Waals surface area contributed by atoms with E-state index in [0.29, 0.717) is 19.7 Å². The van der Waals surface area contributed by atoms with E-state index in [1.54, 1.807) is 11.3 Å². The summed E-state index contributed by atoms with van der Waals surface area (Å²) in [4.78, 5) is 15.7. The number of nitrogens with zero attached hydrogens (tertiary/aromatic N) is 1. The topological polar surface area (TPSA) is 55.6 Å². The summed E-state index contributed by atoms with van der Waals surface area (Å²) in [7, 11) is 0. The molecule has 1 aliphatic heterocycles. The molecule has 1 aromatic heterocycles. The maximum Gasteiger partial charge on any atom is 0.242 e. The molecule has 2 heterocycles. The number of thiophene rings is 1. The number of nitrogens with two attached hydrogens (primary N) is 1. The van der Waals surface area contributed by atoms with Gasteiger partial charge in [-0.2, -0.15) is 0 Å². The lowest BCUT2D eigenvalue weighted by atomic mass is 9.96. The average molecular weight is 317 g/mol. The molecule has 0 aromatic carbocycles. The Labute approximate surface area is 129 Å². The van der Waals surface area contributed by atoms with Crippen LogP contribution in [-0.2, 0) is 9.53 Å². The first kappa shape index (κ1) is 15.8. The Hall–Kier alpha value is -0.620. The third kappa shape index (κ3) is 3.01. The molecule has 1 unspecified atom stereocenters. The lowest BCUT2D eigenvalue weighted by Gasteiger charge is -2.37. The van der Waals surface area contributed by atoms with E-state index in [9.17, 15) is 4.79 Å². The number of hydrogen-bond acceptors (Lipinski definition) is 4. The van der Waals surface area contributed by atoms with Gasteiger partial charge >= 0.3 is 0 Å². The second kappa shape index (κ2) is 6.43. The first-order valence-corrected chi connectivity index (χ1v) is 7.80. The molecule has 3 rings (SSSR count). The van der Waals surface area contributed by atoms with Crippen molar-refractivity contribution in [2.75, 3.05) is 19.7 Å². The predicted octanol–water partition coefficient (Wildman–Crippen LogP) is 2.34. The molecule has 6 heteroatoms. The van der Waals surface area contributed by atoms with Gasteiger partial charge in [-0.15, -0.1) is 23.7 Å². The Morgan fingerprint density at radius 2 is 2.20 bits per heavy atom. The van der Waals surface area contributed by atoms with Crippen molar-refractivity contribution in [1.82, 2.24) is 4.90 Å². The summed E-state index contributed by atoms with van der Waals surface area (Å²) in [6.07, 6.45) is 3.81. The molecule has 2 N–H and O–H groups in total. The standard InChI is InChI=1S/C14H20N2O2S.ClH/c15-14(5-1-2-6-14)13(17)16-7-8-18-11(10-16)12-4-3-9-19-12;/h3-4,9,11H,1-2,5-8,10,15H2;1H. The fourth-order valence-electron chi connectivity index (χ4n) is 3.02. The molecule has 1 atom stereocenters. The van der Waals surface area contributed by atoms with Crippen LogP contribution >= 0.6 is 23.7 Å². The fourth-order valence-corrected chi connectivity index (χ4v) is 3.78. The lowest BCUT2D eigenvalue weighted by Crippen LogP contribution is -2.56. The van der Waals surface area contributed by atoms with Crippen LogP contribution in [0.3, 0.4) is 0 Å². The third-order valence-corrected chi connectivity index (χ3v) is 5.10. The van der Waals surface area contributed by atoms with Gasteiger partial charge in [-0.1, -0.05) is 18.9 Å². The molecule has 0 spiro atoms. The van der Waals surface area contributed by atoms with Crippen LogP contribution in [0.15, 0.2) is 17.5 Å². The van der Waals surface area contributed by atoms with Gasteiger partial charge in [-0.25, -0.2) is 0 Å². The Morgan fingerprint density at radius 1 is 1.45 bits per heavy atom. The maximum absolute atomic E-state index is 12.6. The monoisotopic (exact) mass is 316 g/mol. The first-order chi connectivity index (χ1) is 9.19. The van der Waals surface area contributed by atoms with Gasteiger partial charge in [-0.3, -0.25) is 4.79 Å². The molecule has 20 heavy (non-hydrogen) atoms. The van der Waals surface area contributed by atoms with Crippen molar-refractivity contribution >= 4 is 29.7 Å². The Bertz CT molecular complexity index is 446. The minimum Gasteiger partial charge on any atom is -0.369 e. The van der Waals surface area contributed by atoms with Crippen LogP contribution in [0.4, 0.5) is 0 Å². The zero-order valence-electron chi connectivity index (χ0n) is 11.4. The summed E-state index contributed by atoms with van der Waals surface area (Å²) in [5.74, 6) is 0.120. The number of ether oxygens (including phenoxy) is 1. The van der Waals surface area contributed by atoms with Gasteiger partial charge < -0.3 is 15.4 Å². The minimum atomic E-state index is -0.614. The third-order valence-electron chi connectivity index (χ3n) is 4.14. The summed E-state index contributed by atoms with van der Waals surface area (Å²) in [6.45, 7) is 1.91. The molecule has 1 aliphatic carbocycles. The lowest BCUT2D eigenvalue weighted by molar-refractivity contribution is -0.144. The Balaban J connectivity index is 0.00000147. The average Bonchev–Trinajstić information content (AvgIpc) is 3.10. The first-order valence-electron chi connectivity index (χ1n) is 6.92. The largest absolute Gasteiger partial charge is 0.369 e. The number of amides is 1. The molecule has 1 aromatic rings. The summed E-state index contributed by atoms with van der Waals surface area (Å²) < 4.78 is 5.77. The van der Waals surface area contributed by atoms with E-state index >= 15 is 0 Å². The van der Waals surface area contributed by atoms with Crippen LogP contribution in [-0.4, -0.2) is 36.0 Å². The van der Waals surface area contributed by atoms with Crippen LogP contribution < -0.4 is 5.73 Å². The highest BCUT2D eigenvalue weighted by Gasteiger charge is 2.41. The predicted molar refractivity (Wildman–Crippen MR) is 82.2 cm³/mol. The summed E-state index contributed by atoms with van der Waals surface area (Å²) in [6, 6.07) is 4.09. The molecular weight excluding hydrogens is 296 g/mol. The van der Waals surface area contributed by atoms with Crippen LogP contribution in [0, 0.1) is 0 Å². The molecular formula is C14H21ClN2O2S. The zero-order valence-corrected chi connectivity index (χ0v) is 13.0. The van der Waals surface area contributed by atoms with E-state index in [2.05, 4.69) is 6.07 Å². The highest BCUT2D eigenvalue weighted by molar-refractivity contribution is 7.10. The SMILES string of the molecule is Cl.NC1(C(=O)N2CCOC(c3cccs3)C2)CCCC1. The second-order valence-electron chi connectivity index (χ2n) is 5.49. The zero-order chi connectivity index (χ0) is 13.3. The van der Waals surface area contributed by atoms with E-state index in [1.165, 1.54) is 4.88 Å². The molecule has 2 aliphatic rings. The van der Waals surface area contributed by atoms with Crippen molar-refractivity contribution in [3.8, 4) is 0 Å². The van der Waals surface area contributed by atoms with Crippen molar-refractivity contribution < 1.29 is 9.53 Å². The maximum atomic E-state index is 12.6. The number of halogens is 1. The number of rotatable bonds is 2. The quantitative estimate of drug-likeness (QED) is 0.911. The van der Waals surface area contributed by atoms with Gasteiger partial charge in [-0.05, 0) is 24.3 Å².